The fourth-order valence-corrected chi connectivity index (χ4v) is 5.95. The lowest BCUT2D eigenvalue weighted by atomic mass is 10.1. The Morgan fingerprint density at radius 1 is 1.22 bits per heavy atom. The molecule has 3 aliphatic rings. The van der Waals surface area contributed by atoms with Crippen LogP contribution in [0.1, 0.15) is 49.6 Å². The molecule has 0 aromatic carbocycles. The fraction of sp³-hybridized carbons (Fsp3) is 0.684. The van der Waals surface area contributed by atoms with Crippen LogP contribution >= 0.6 is 0 Å². The Bertz CT molecular complexity index is 982. The third kappa shape index (κ3) is 2.93. The Morgan fingerprint density at radius 2 is 2.00 bits per heavy atom. The summed E-state index contributed by atoms with van der Waals surface area (Å²) in [7, 11) is -3.17. The first kappa shape index (κ1) is 17.4. The highest BCUT2D eigenvalue weighted by Crippen LogP contribution is 2.37. The van der Waals surface area contributed by atoms with Crippen molar-refractivity contribution in [2.75, 3.05) is 6.54 Å². The van der Waals surface area contributed by atoms with Crippen molar-refractivity contribution in [3.63, 3.8) is 0 Å². The zero-order valence-corrected chi connectivity index (χ0v) is 16.9. The molecule has 0 saturated heterocycles. The van der Waals surface area contributed by atoms with E-state index in [0.717, 1.165) is 61.0 Å². The summed E-state index contributed by atoms with van der Waals surface area (Å²) in [6.45, 7) is 6.95. The number of hydrogen-bond acceptors (Lipinski definition) is 4. The first-order valence-electron chi connectivity index (χ1n) is 10.1. The van der Waals surface area contributed by atoms with E-state index in [4.69, 9.17) is 5.10 Å². The summed E-state index contributed by atoms with van der Waals surface area (Å²) in [6.07, 6.45) is 6.81. The summed E-state index contributed by atoms with van der Waals surface area (Å²) < 4.78 is 31.6. The number of hydrogen-bond donors (Lipinski definition) is 0. The summed E-state index contributed by atoms with van der Waals surface area (Å²) in [5, 5.41) is 4.71. The molecular weight excluding hydrogens is 362 g/mol. The van der Waals surface area contributed by atoms with Gasteiger partial charge in [0, 0.05) is 55.7 Å². The quantitative estimate of drug-likeness (QED) is 0.760. The van der Waals surface area contributed by atoms with Crippen LogP contribution in [0.5, 0.6) is 0 Å². The average Bonchev–Trinajstić information content (AvgIpc) is 3.57. The minimum Gasteiger partial charge on any atom is -0.327 e. The Kier molecular flexibility index (Phi) is 3.98. The SMILES string of the molecule is CCn1nc(-c2ncc(C)n2CC2CC2)c2c1CCN(S(=O)(=O)C1CC1)C2. The van der Waals surface area contributed by atoms with Crippen molar-refractivity contribution in [3.8, 4) is 11.5 Å². The molecule has 5 rings (SSSR count). The van der Waals surface area contributed by atoms with Crippen LogP contribution in [0.2, 0.25) is 0 Å². The van der Waals surface area contributed by atoms with Crippen LogP contribution in [0.25, 0.3) is 11.5 Å². The average molecular weight is 390 g/mol. The van der Waals surface area contributed by atoms with Gasteiger partial charge in [0.25, 0.3) is 0 Å². The van der Waals surface area contributed by atoms with E-state index in [1.165, 1.54) is 18.5 Å². The summed E-state index contributed by atoms with van der Waals surface area (Å²) >= 11 is 0. The van der Waals surface area contributed by atoms with Crippen molar-refractivity contribution in [1.29, 1.82) is 0 Å². The van der Waals surface area contributed by atoms with Crippen molar-refractivity contribution in [1.82, 2.24) is 23.6 Å². The number of aryl methyl sites for hydroxylation is 2. The largest absolute Gasteiger partial charge is 0.327 e. The Labute approximate surface area is 160 Å². The minimum absolute atomic E-state index is 0.164. The normalized spacial score (nSPS) is 20.8. The summed E-state index contributed by atoms with van der Waals surface area (Å²) in [4.78, 5) is 4.68. The number of aromatic nitrogens is 4. The molecule has 0 atom stereocenters. The summed E-state index contributed by atoms with van der Waals surface area (Å²) in [6, 6.07) is 0. The third-order valence-electron chi connectivity index (χ3n) is 6.11. The van der Waals surface area contributed by atoms with Crippen LogP contribution in [-0.2, 0) is 36.1 Å². The predicted octanol–water partition coefficient (Wildman–Crippen LogP) is 2.34. The molecule has 2 aromatic rings. The van der Waals surface area contributed by atoms with Crippen LogP contribution in [-0.4, -0.2) is 43.8 Å². The van der Waals surface area contributed by atoms with Crippen molar-refractivity contribution in [2.45, 2.75) is 70.8 Å². The van der Waals surface area contributed by atoms with Crippen molar-refractivity contribution in [2.24, 2.45) is 5.92 Å². The molecule has 0 unspecified atom stereocenters. The molecule has 27 heavy (non-hydrogen) atoms. The molecule has 0 N–H and O–H groups in total. The van der Waals surface area contributed by atoms with Crippen molar-refractivity contribution >= 4 is 10.0 Å². The van der Waals surface area contributed by atoms with E-state index in [-0.39, 0.29) is 5.25 Å². The maximum atomic E-state index is 12.8. The van der Waals surface area contributed by atoms with Gasteiger partial charge in [-0.3, -0.25) is 4.68 Å². The van der Waals surface area contributed by atoms with E-state index in [1.807, 2.05) is 10.9 Å². The van der Waals surface area contributed by atoms with Gasteiger partial charge in [0.2, 0.25) is 10.0 Å². The molecule has 1 aliphatic heterocycles. The van der Waals surface area contributed by atoms with Gasteiger partial charge in [-0.15, -0.1) is 0 Å². The predicted molar refractivity (Wildman–Crippen MR) is 103 cm³/mol. The van der Waals surface area contributed by atoms with Gasteiger partial charge in [0.1, 0.15) is 5.69 Å². The van der Waals surface area contributed by atoms with E-state index in [0.29, 0.717) is 13.1 Å². The molecule has 2 saturated carbocycles. The van der Waals surface area contributed by atoms with Gasteiger partial charge in [0.15, 0.2) is 5.82 Å². The molecule has 2 aliphatic carbocycles. The first-order valence-corrected chi connectivity index (χ1v) is 11.6. The Balaban J connectivity index is 1.56. The van der Waals surface area contributed by atoms with Gasteiger partial charge in [-0.25, -0.2) is 13.4 Å². The molecule has 0 bridgehead atoms. The molecule has 2 fully saturated rings. The second-order valence-electron chi connectivity index (χ2n) is 8.19. The van der Waals surface area contributed by atoms with Gasteiger partial charge >= 0.3 is 0 Å². The number of nitrogens with zero attached hydrogens (tertiary/aromatic N) is 5. The zero-order chi connectivity index (χ0) is 18.8. The van der Waals surface area contributed by atoms with Gasteiger partial charge in [-0.2, -0.15) is 9.40 Å². The van der Waals surface area contributed by atoms with Gasteiger partial charge in [-0.1, -0.05) is 0 Å². The molecule has 3 heterocycles. The molecule has 0 radical (unpaired) electrons. The highest BCUT2D eigenvalue weighted by atomic mass is 32.2. The smallest absolute Gasteiger partial charge is 0.217 e. The second kappa shape index (κ2) is 6.17. The van der Waals surface area contributed by atoms with Crippen molar-refractivity contribution < 1.29 is 8.42 Å². The molecule has 2 aromatic heterocycles. The topological polar surface area (TPSA) is 73.0 Å². The van der Waals surface area contributed by atoms with E-state index in [9.17, 15) is 8.42 Å². The zero-order valence-electron chi connectivity index (χ0n) is 16.1. The van der Waals surface area contributed by atoms with Crippen LogP contribution in [0, 0.1) is 12.8 Å². The van der Waals surface area contributed by atoms with E-state index in [2.05, 4.69) is 23.4 Å². The summed E-state index contributed by atoms with van der Waals surface area (Å²) in [5.74, 6) is 1.64. The highest BCUT2D eigenvalue weighted by molar-refractivity contribution is 7.90. The maximum absolute atomic E-state index is 12.8. The second-order valence-corrected chi connectivity index (χ2v) is 10.4. The highest BCUT2D eigenvalue weighted by Gasteiger charge is 2.42. The molecule has 146 valence electrons. The maximum Gasteiger partial charge on any atom is 0.217 e. The third-order valence-corrected chi connectivity index (χ3v) is 8.45. The number of sulfonamides is 1. The molecule has 0 spiro atoms. The molecular formula is C19H27N5O2S. The fourth-order valence-electron chi connectivity index (χ4n) is 4.14. The van der Waals surface area contributed by atoms with Crippen LogP contribution in [0.15, 0.2) is 6.20 Å². The molecule has 0 amide bonds. The van der Waals surface area contributed by atoms with Crippen molar-refractivity contribution in [3.05, 3.63) is 23.1 Å². The number of fused-ring (bicyclic) bond motifs is 1. The van der Waals surface area contributed by atoms with Gasteiger partial charge < -0.3 is 4.57 Å². The monoisotopic (exact) mass is 389 g/mol. The van der Waals surface area contributed by atoms with Crippen LogP contribution in [0.3, 0.4) is 0 Å². The molecule has 7 nitrogen and oxygen atoms in total. The standard InChI is InChI=1S/C19H27N5O2S/c1-3-24-17-8-9-22(27(25,26)15-6-7-15)12-16(17)18(21-24)19-20-10-13(2)23(19)11-14-4-5-14/h10,14-15H,3-9,11-12H2,1-2H3. The van der Waals surface area contributed by atoms with E-state index >= 15 is 0 Å². The number of rotatable bonds is 6. The lowest BCUT2D eigenvalue weighted by molar-refractivity contribution is 0.383. The van der Waals surface area contributed by atoms with E-state index in [1.54, 1.807) is 4.31 Å². The van der Waals surface area contributed by atoms with Gasteiger partial charge in [0.05, 0.1) is 5.25 Å². The van der Waals surface area contributed by atoms with Crippen LogP contribution in [0.4, 0.5) is 0 Å². The molecule has 8 heteroatoms. The number of imidazole rings is 1. The van der Waals surface area contributed by atoms with Crippen LogP contribution < -0.4 is 0 Å². The lowest BCUT2D eigenvalue weighted by Gasteiger charge is -2.27. The Hall–Kier alpha value is -1.67. The summed E-state index contributed by atoms with van der Waals surface area (Å²) in [5.41, 5.74) is 4.25. The minimum atomic E-state index is -3.17. The van der Waals surface area contributed by atoms with E-state index < -0.39 is 10.0 Å². The first-order chi connectivity index (χ1) is 13.0. The lowest BCUT2D eigenvalue weighted by Crippen LogP contribution is -2.38. The Morgan fingerprint density at radius 3 is 2.67 bits per heavy atom. The van der Waals surface area contributed by atoms with Gasteiger partial charge in [-0.05, 0) is 45.4 Å².